The molecule has 2 aromatic rings. The van der Waals surface area contributed by atoms with Crippen LogP contribution in [0.5, 0.6) is 0 Å². The minimum Gasteiger partial charge on any atom is -0.317 e. The third-order valence-corrected chi connectivity index (χ3v) is 4.38. The van der Waals surface area contributed by atoms with Crippen LogP contribution in [0.2, 0.25) is 0 Å². The van der Waals surface area contributed by atoms with Crippen LogP contribution in [-0.4, -0.2) is 22.9 Å². The van der Waals surface area contributed by atoms with Gasteiger partial charge in [-0.25, -0.2) is 0 Å². The van der Waals surface area contributed by atoms with Gasteiger partial charge < -0.3 is 5.32 Å². The molecule has 0 bridgehead atoms. The number of hydrogen-bond donors (Lipinski definition) is 1. The summed E-state index contributed by atoms with van der Waals surface area (Å²) in [6.07, 6.45) is 1.04. The fourth-order valence-corrected chi connectivity index (χ4v) is 2.84. The average molecular weight is 336 g/mol. The Hall–Kier alpha value is -1.13. The Morgan fingerprint density at radius 3 is 2.70 bits per heavy atom. The molecular formula is C16H22BrN3. The quantitative estimate of drug-likeness (QED) is 0.819. The molecule has 108 valence electrons. The Morgan fingerprint density at radius 2 is 2.00 bits per heavy atom. The molecule has 0 aliphatic carbocycles. The summed E-state index contributed by atoms with van der Waals surface area (Å²) in [5, 5.41) is 8.07. The van der Waals surface area contributed by atoms with Gasteiger partial charge in [0.15, 0.2) is 0 Å². The van der Waals surface area contributed by atoms with Crippen molar-refractivity contribution in [3.05, 3.63) is 51.3 Å². The molecule has 0 aliphatic rings. The molecule has 3 nitrogen and oxygen atoms in total. The molecule has 0 unspecified atom stereocenters. The van der Waals surface area contributed by atoms with E-state index in [4.69, 9.17) is 5.10 Å². The van der Waals surface area contributed by atoms with Crippen LogP contribution in [0.3, 0.4) is 0 Å². The lowest BCUT2D eigenvalue weighted by Crippen LogP contribution is -2.16. The van der Waals surface area contributed by atoms with E-state index in [1.165, 1.54) is 16.8 Å². The normalized spacial score (nSPS) is 11.0. The molecule has 0 saturated carbocycles. The first kappa shape index (κ1) is 15.3. The summed E-state index contributed by atoms with van der Waals surface area (Å²) < 4.78 is 3.25. The van der Waals surface area contributed by atoms with Gasteiger partial charge in [-0.3, -0.25) is 4.68 Å². The summed E-state index contributed by atoms with van der Waals surface area (Å²) in [5.41, 5.74) is 5.05. The maximum Gasteiger partial charge on any atom is 0.0673 e. The molecule has 0 spiro atoms. The van der Waals surface area contributed by atoms with Crippen LogP contribution in [0.25, 0.3) is 0 Å². The van der Waals surface area contributed by atoms with Gasteiger partial charge in [0.1, 0.15) is 0 Å². The maximum absolute atomic E-state index is 4.69. The Bertz CT molecular complexity index is 575. The molecule has 2 rings (SSSR count). The maximum atomic E-state index is 4.69. The number of nitrogens with zero attached hydrogens (tertiary/aromatic N) is 2. The molecule has 4 heteroatoms. The highest BCUT2D eigenvalue weighted by molar-refractivity contribution is 9.10. The predicted octanol–water partition coefficient (Wildman–Crippen LogP) is 3.46. The van der Waals surface area contributed by atoms with Crippen LogP contribution in [0, 0.1) is 13.8 Å². The van der Waals surface area contributed by atoms with Crippen LogP contribution < -0.4 is 5.32 Å². The number of rotatable bonds is 6. The third-order valence-electron chi connectivity index (χ3n) is 3.61. The number of likely N-dealkylation sites (N-methyl/N-ethyl adjacent to an activating group) is 1. The molecule has 1 aromatic carbocycles. The van der Waals surface area contributed by atoms with Crippen LogP contribution >= 0.6 is 15.9 Å². The van der Waals surface area contributed by atoms with E-state index in [9.17, 15) is 0 Å². The summed E-state index contributed by atoms with van der Waals surface area (Å²) in [5.74, 6) is 0. The van der Waals surface area contributed by atoms with Gasteiger partial charge in [-0.1, -0.05) is 41.1 Å². The molecule has 1 heterocycles. The fourth-order valence-electron chi connectivity index (χ4n) is 2.43. The molecule has 1 N–H and O–H groups in total. The zero-order valence-corrected chi connectivity index (χ0v) is 14.0. The fraction of sp³-hybridized carbons (Fsp3) is 0.438. The standard InChI is InChI=1S/C16H22BrN3/c1-4-18-10-9-15-12(2)19-20(13(15)3)11-14-7-5-6-8-16(14)17/h5-8,18H,4,9-11H2,1-3H3. The summed E-state index contributed by atoms with van der Waals surface area (Å²) in [7, 11) is 0. The second kappa shape index (κ2) is 7.04. The zero-order valence-electron chi connectivity index (χ0n) is 12.4. The van der Waals surface area contributed by atoms with Crippen LogP contribution in [0.15, 0.2) is 28.7 Å². The van der Waals surface area contributed by atoms with E-state index in [1.54, 1.807) is 0 Å². The van der Waals surface area contributed by atoms with Crippen molar-refractivity contribution in [2.24, 2.45) is 0 Å². The first-order valence-corrected chi connectivity index (χ1v) is 7.89. The number of aromatic nitrogens is 2. The molecule has 0 fully saturated rings. The predicted molar refractivity (Wildman–Crippen MR) is 87.2 cm³/mol. The van der Waals surface area contributed by atoms with Gasteiger partial charge in [0.25, 0.3) is 0 Å². The monoisotopic (exact) mass is 335 g/mol. The van der Waals surface area contributed by atoms with Crippen molar-refractivity contribution in [3.8, 4) is 0 Å². The number of aryl methyl sites for hydroxylation is 1. The smallest absolute Gasteiger partial charge is 0.0673 e. The Balaban J connectivity index is 2.17. The SMILES string of the molecule is CCNCCc1c(C)nn(Cc2ccccc2Br)c1C. The van der Waals surface area contributed by atoms with Crippen molar-refractivity contribution >= 4 is 15.9 Å². The zero-order chi connectivity index (χ0) is 14.5. The van der Waals surface area contributed by atoms with E-state index >= 15 is 0 Å². The van der Waals surface area contributed by atoms with Crippen molar-refractivity contribution in [1.29, 1.82) is 0 Å². The minimum atomic E-state index is 0.815. The summed E-state index contributed by atoms with van der Waals surface area (Å²) in [4.78, 5) is 0. The molecule has 0 atom stereocenters. The number of halogens is 1. The van der Waals surface area contributed by atoms with Gasteiger partial charge >= 0.3 is 0 Å². The lowest BCUT2D eigenvalue weighted by atomic mass is 10.1. The summed E-state index contributed by atoms with van der Waals surface area (Å²) in [6.45, 7) is 9.25. The van der Waals surface area contributed by atoms with Gasteiger partial charge in [0.2, 0.25) is 0 Å². The molecule has 0 saturated heterocycles. The highest BCUT2D eigenvalue weighted by Crippen LogP contribution is 2.20. The van der Waals surface area contributed by atoms with E-state index in [-0.39, 0.29) is 0 Å². The van der Waals surface area contributed by atoms with Crippen molar-refractivity contribution < 1.29 is 0 Å². The van der Waals surface area contributed by atoms with E-state index in [0.717, 1.165) is 36.2 Å². The highest BCUT2D eigenvalue weighted by atomic mass is 79.9. The molecule has 0 radical (unpaired) electrons. The Labute approximate surface area is 129 Å². The molecule has 20 heavy (non-hydrogen) atoms. The number of nitrogens with one attached hydrogen (secondary N) is 1. The highest BCUT2D eigenvalue weighted by Gasteiger charge is 2.12. The number of hydrogen-bond acceptors (Lipinski definition) is 2. The van der Waals surface area contributed by atoms with Crippen LogP contribution in [-0.2, 0) is 13.0 Å². The largest absolute Gasteiger partial charge is 0.317 e. The molecular weight excluding hydrogens is 314 g/mol. The van der Waals surface area contributed by atoms with Crippen LogP contribution in [0.1, 0.15) is 29.4 Å². The average Bonchev–Trinajstić information content (AvgIpc) is 2.69. The molecule has 0 amide bonds. The van der Waals surface area contributed by atoms with E-state index < -0.39 is 0 Å². The minimum absolute atomic E-state index is 0.815. The summed E-state index contributed by atoms with van der Waals surface area (Å²) in [6, 6.07) is 8.32. The second-order valence-electron chi connectivity index (χ2n) is 5.00. The first-order chi connectivity index (χ1) is 9.63. The Morgan fingerprint density at radius 1 is 1.25 bits per heavy atom. The van der Waals surface area contributed by atoms with Crippen molar-refractivity contribution in [2.75, 3.05) is 13.1 Å². The second-order valence-corrected chi connectivity index (χ2v) is 5.86. The lowest BCUT2D eigenvalue weighted by Gasteiger charge is -2.08. The lowest BCUT2D eigenvalue weighted by molar-refractivity contribution is 0.655. The van der Waals surface area contributed by atoms with E-state index in [2.05, 4.69) is 64.9 Å². The van der Waals surface area contributed by atoms with Gasteiger partial charge in [-0.15, -0.1) is 0 Å². The van der Waals surface area contributed by atoms with Crippen molar-refractivity contribution in [1.82, 2.24) is 15.1 Å². The van der Waals surface area contributed by atoms with Crippen molar-refractivity contribution in [3.63, 3.8) is 0 Å². The summed E-state index contributed by atoms with van der Waals surface area (Å²) >= 11 is 3.60. The molecule has 1 aromatic heterocycles. The molecule has 0 aliphatic heterocycles. The van der Waals surface area contributed by atoms with Crippen molar-refractivity contribution in [2.45, 2.75) is 33.7 Å². The van der Waals surface area contributed by atoms with E-state index in [1.807, 2.05) is 6.07 Å². The first-order valence-electron chi connectivity index (χ1n) is 7.10. The van der Waals surface area contributed by atoms with Crippen LogP contribution in [0.4, 0.5) is 0 Å². The van der Waals surface area contributed by atoms with Gasteiger partial charge in [-0.2, -0.15) is 5.10 Å². The van der Waals surface area contributed by atoms with Gasteiger partial charge in [-0.05, 0) is 50.6 Å². The number of benzene rings is 1. The third kappa shape index (κ3) is 3.49. The van der Waals surface area contributed by atoms with E-state index in [0.29, 0.717) is 0 Å². The Kier molecular flexibility index (Phi) is 5.38. The van der Waals surface area contributed by atoms with Gasteiger partial charge in [0, 0.05) is 10.2 Å². The topological polar surface area (TPSA) is 29.9 Å². The van der Waals surface area contributed by atoms with Gasteiger partial charge in [0.05, 0.1) is 12.2 Å².